The van der Waals surface area contributed by atoms with Crippen LogP contribution in [-0.2, 0) is 14.3 Å². The molecule has 1 N–H and O–H groups in total. The summed E-state index contributed by atoms with van der Waals surface area (Å²) in [7, 11) is 1.36. The van der Waals surface area contributed by atoms with Crippen LogP contribution in [0.2, 0.25) is 0 Å². The molecule has 0 aliphatic carbocycles. The molecule has 0 aliphatic rings. The van der Waals surface area contributed by atoms with E-state index < -0.39 is 0 Å². The minimum Gasteiger partial charge on any atom is -0.469 e. The lowest BCUT2D eigenvalue weighted by atomic mass is 10.2. The summed E-state index contributed by atoms with van der Waals surface area (Å²) in [5, 5.41) is 2.84. The van der Waals surface area contributed by atoms with Gasteiger partial charge in [-0.3, -0.25) is 9.59 Å². The lowest BCUT2D eigenvalue weighted by Crippen LogP contribution is -2.15. The van der Waals surface area contributed by atoms with Crippen molar-refractivity contribution in [3.63, 3.8) is 0 Å². The number of carbonyl (C=O) groups is 2. The zero-order valence-corrected chi connectivity index (χ0v) is 11.4. The van der Waals surface area contributed by atoms with Gasteiger partial charge in [-0.15, -0.1) is 0 Å². The van der Waals surface area contributed by atoms with Crippen LogP contribution in [0.25, 0.3) is 0 Å². The van der Waals surface area contributed by atoms with E-state index in [0.717, 1.165) is 11.3 Å². The maximum absolute atomic E-state index is 11.6. The molecular weight excluding hydrogens is 250 g/mol. The highest BCUT2D eigenvalue weighted by Crippen LogP contribution is 2.13. The van der Waals surface area contributed by atoms with Crippen molar-refractivity contribution in [2.45, 2.75) is 13.3 Å². The first-order valence-corrected chi connectivity index (χ1v) is 6.79. The number of benzene rings is 1. The van der Waals surface area contributed by atoms with E-state index in [9.17, 15) is 9.59 Å². The van der Waals surface area contributed by atoms with Gasteiger partial charge in [0.25, 0.3) is 0 Å². The second kappa shape index (κ2) is 7.76. The minimum atomic E-state index is -0.248. The van der Waals surface area contributed by atoms with Gasteiger partial charge >= 0.3 is 5.97 Å². The monoisotopic (exact) mass is 267 g/mol. The van der Waals surface area contributed by atoms with E-state index in [1.165, 1.54) is 18.9 Å². The van der Waals surface area contributed by atoms with Crippen molar-refractivity contribution in [1.82, 2.24) is 0 Å². The van der Waals surface area contributed by atoms with Crippen LogP contribution in [0.1, 0.15) is 12.0 Å². The third-order valence-electron chi connectivity index (χ3n) is 2.33. The Labute approximate surface area is 111 Å². The van der Waals surface area contributed by atoms with Crippen LogP contribution in [0.15, 0.2) is 24.3 Å². The summed E-state index contributed by atoms with van der Waals surface area (Å²) >= 11 is 1.42. The zero-order valence-electron chi connectivity index (χ0n) is 10.6. The Morgan fingerprint density at radius 2 is 2.06 bits per heavy atom. The first kappa shape index (κ1) is 14.6. The maximum Gasteiger partial charge on any atom is 0.306 e. The number of hydrogen-bond donors (Lipinski definition) is 1. The van der Waals surface area contributed by atoms with Crippen LogP contribution < -0.4 is 5.32 Å². The number of nitrogens with one attached hydrogen (secondary N) is 1. The number of ether oxygens (including phenoxy) is 1. The first-order chi connectivity index (χ1) is 8.63. The van der Waals surface area contributed by atoms with Crippen LogP contribution in [0.5, 0.6) is 0 Å². The predicted octanol–water partition coefficient (Wildman–Crippen LogP) is 2.23. The van der Waals surface area contributed by atoms with E-state index in [1.807, 2.05) is 31.2 Å². The van der Waals surface area contributed by atoms with Crippen molar-refractivity contribution in [3.8, 4) is 0 Å². The lowest BCUT2D eigenvalue weighted by molar-refractivity contribution is -0.140. The van der Waals surface area contributed by atoms with Crippen LogP contribution in [0, 0.1) is 6.92 Å². The van der Waals surface area contributed by atoms with Gasteiger partial charge in [-0.1, -0.05) is 18.2 Å². The Balaban J connectivity index is 2.26. The summed E-state index contributed by atoms with van der Waals surface area (Å²) in [6, 6.07) is 7.62. The van der Waals surface area contributed by atoms with E-state index in [1.54, 1.807) is 0 Å². The second-order valence-corrected chi connectivity index (χ2v) is 4.85. The number of amides is 1. The average molecular weight is 267 g/mol. The summed E-state index contributed by atoms with van der Waals surface area (Å²) < 4.78 is 4.52. The molecule has 0 spiro atoms. The van der Waals surface area contributed by atoms with E-state index in [4.69, 9.17) is 0 Å². The largest absolute Gasteiger partial charge is 0.469 e. The predicted molar refractivity (Wildman–Crippen MR) is 73.8 cm³/mol. The number of para-hydroxylation sites is 1. The van der Waals surface area contributed by atoms with Gasteiger partial charge in [0.1, 0.15) is 0 Å². The summed E-state index contributed by atoms with van der Waals surface area (Å²) in [6.07, 6.45) is 0.332. The van der Waals surface area contributed by atoms with Crippen LogP contribution >= 0.6 is 11.8 Å². The molecule has 0 saturated heterocycles. The summed E-state index contributed by atoms with van der Waals surface area (Å²) in [5.41, 5.74) is 1.86. The fourth-order valence-electron chi connectivity index (χ4n) is 1.32. The first-order valence-electron chi connectivity index (χ1n) is 5.63. The molecule has 0 bridgehead atoms. The third-order valence-corrected chi connectivity index (χ3v) is 3.29. The van der Waals surface area contributed by atoms with Crippen LogP contribution in [-0.4, -0.2) is 30.5 Å². The SMILES string of the molecule is COC(=O)CCSCC(=O)Nc1ccccc1C. The Hall–Kier alpha value is -1.49. The highest BCUT2D eigenvalue weighted by Gasteiger charge is 2.05. The molecular formula is C13H17NO3S. The molecule has 1 amide bonds. The molecule has 0 aliphatic heterocycles. The average Bonchev–Trinajstić information content (AvgIpc) is 2.37. The lowest BCUT2D eigenvalue weighted by Gasteiger charge is -2.07. The highest BCUT2D eigenvalue weighted by atomic mass is 32.2. The number of anilines is 1. The fraction of sp³-hybridized carbons (Fsp3) is 0.385. The molecule has 0 fully saturated rings. The van der Waals surface area contributed by atoms with Gasteiger partial charge in [0, 0.05) is 11.4 Å². The van der Waals surface area contributed by atoms with Gasteiger partial charge in [-0.2, -0.15) is 11.8 Å². The van der Waals surface area contributed by atoms with Crippen LogP contribution in [0.4, 0.5) is 5.69 Å². The molecule has 98 valence electrons. The van der Waals surface area contributed by atoms with Crippen molar-refractivity contribution in [3.05, 3.63) is 29.8 Å². The zero-order chi connectivity index (χ0) is 13.4. The number of carbonyl (C=O) groups excluding carboxylic acids is 2. The quantitative estimate of drug-likeness (QED) is 0.634. The number of aryl methyl sites for hydroxylation is 1. The van der Waals surface area contributed by atoms with Gasteiger partial charge in [0.15, 0.2) is 0 Å². The summed E-state index contributed by atoms with van der Waals surface area (Å²) in [4.78, 5) is 22.5. The number of esters is 1. The number of thioether (sulfide) groups is 1. The molecule has 1 rings (SSSR count). The Kier molecular flexibility index (Phi) is 6.28. The topological polar surface area (TPSA) is 55.4 Å². The molecule has 0 unspecified atom stereocenters. The van der Waals surface area contributed by atoms with Gasteiger partial charge in [0.2, 0.25) is 5.91 Å². The maximum atomic E-state index is 11.6. The van der Waals surface area contributed by atoms with Crippen LogP contribution in [0.3, 0.4) is 0 Å². The number of methoxy groups -OCH3 is 1. The summed E-state index contributed by atoms with van der Waals surface area (Å²) in [6.45, 7) is 1.94. The molecule has 0 saturated carbocycles. The molecule has 0 atom stereocenters. The Morgan fingerprint density at radius 3 is 2.72 bits per heavy atom. The molecule has 1 aromatic carbocycles. The van der Waals surface area contributed by atoms with Gasteiger partial charge in [-0.05, 0) is 18.6 Å². The van der Waals surface area contributed by atoms with E-state index in [-0.39, 0.29) is 11.9 Å². The number of hydrogen-bond acceptors (Lipinski definition) is 4. The van der Waals surface area contributed by atoms with Gasteiger partial charge < -0.3 is 10.1 Å². The standard InChI is InChI=1S/C13H17NO3S/c1-10-5-3-4-6-11(10)14-12(15)9-18-8-7-13(16)17-2/h3-6H,7-9H2,1-2H3,(H,14,15). The van der Waals surface area contributed by atoms with Gasteiger partial charge in [-0.25, -0.2) is 0 Å². The molecule has 0 aromatic heterocycles. The fourth-order valence-corrected chi connectivity index (χ4v) is 2.03. The van der Waals surface area contributed by atoms with Crippen molar-refractivity contribution in [1.29, 1.82) is 0 Å². The van der Waals surface area contributed by atoms with E-state index >= 15 is 0 Å². The smallest absolute Gasteiger partial charge is 0.306 e. The van der Waals surface area contributed by atoms with E-state index in [2.05, 4.69) is 10.1 Å². The number of rotatable bonds is 6. The Bertz CT molecular complexity index is 420. The molecule has 0 radical (unpaired) electrons. The van der Waals surface area contributed by atoms with Crippen molar-refractivity contribution >= 4 is 29.3 Å². The molecule has 5 heteroatoms. The van der Waals surface area contributed by atoms with Crippen molar-refractivity contribution in [2.75, 3.05) is 23.9 Å². The van der Waals surface area contributed by atoms with Crippen molar-refractivity contribution < 1.29 is 14.3 Å². The summed E-state index contributed by atoms with van der Waals surface area (Å²) in [5.74, 6) is 0.625. The molecule has 18 heavy (non-hydrogen) atoms. The normalized spacial score (nSPS) is 9.89. The Morgan fingerprint density at radius 1 is 1.33 bits per heavy atom. The van der Waals surface area contributed by atoms with E-state index in [0.29, 0.717) is 17.9 Å². The second-order valence-electron chi connectivity index (χ2n) is 3.74. The minimum absolute atomic E-state index is 0.0563. The molecule has 4 nitrogen and oxygen atoms in total. The van der Waals surface area contributed by atoms with Crippen molar-refractivity contribution in [2.24, 2.45) is 0 Å². The highest BCUT2D eigenvalue weighted by molar-refractivity contribution is 7.99. The van der Waals surface area contributed by atoms with Gasteiger partial charge in [0.05, 0.1) is 19.3 Å². The molecule has 1 aromatic rings. The molecule has 0 heterocycles. The third kappa shape index (κ3) is 5.23.